The van der Waals surface area contributed by atoms with Gasteiger partial charge in [0.25, 0.3) is 0 Å². The zero-order chi connectivity index (χ0) is 17.9. The molecule has 0 unspecified atom stereocenters. The third kappa shape index (κ3) is 3.70. The number of aryl methyl sites for hydroxylation is 1. The maximum Gasteiger partial charge on any atom is 0.230 e. The first-order valence-electron chi connectivity index (χ1n) is 8.38. The fourth-order valence-corrected chi connectivity index (χ4v) is 3.53. The van der Waals surface area contributed by atoms with E-state index in [0.29, 0.717) is 30.4 Å². The highest BCUT2D eigenvalue weighted by molar-refractivity contribution is 7.13. The van der Waals surface area contributed by atoms with Gasteiger partial charge < -0.3 is 14.8 Å². The van der Waals surface area contributed by atoms with Crippen LogP contribution in [0.4, 0.5) is 5.69 Å². The number of fused-ring (bicyclic) bond motifs is 1. The number of hydrogen-bond donors (Lipinski definition) is 1. The van der Waals surface area contributed by atoms with Crippen LogP contribution in [-0.4, -0.2) is 24.1 Å². The molecule has 26 heavy (non-hydrogen) atoms. The number of thiazole rings is 1. The number of carbonyl (C=O) groups is 1. The molecule has 0 atom stereocenters. The second-order valence-corrected chi connectivity index (χ2v) is 6.95. The third-order valence-electron chi connectivity index (χ3n) is 4.02. The second kappa shape index (κ2) is 7.17. The van der Waals surface area contributed by atoms with Gasteiger partial charge in [-0.05, 0) is 19.1 Å². The van der Waals surface area contributed by atoms with E-state index in [1.165, 1.54) is 5.56 Å². The van der Waals surface area contributed by atoms with Gasteiger partial charge in [0.05, 0.1) is 12.1 Å². The number of rotatable bonds is 4. The zero-order valence-corrected chi connectivity index (χ0v) is 15.1. The molecule has 0 saturated carbocycles. The van der Waals surface area contributed by atoms with Crippen molar-refractivity contribution < 1.29 is 14.3 Å². The molecule has 1 aliphatic rings. The van der Waals surface area contributed by atoms with Crippen LogP contribution in [0.2, 0.25) is 0 Å². The van der Waals surface area contributed by atoms with Gasteiger partial charge in [-0.2, -0.15) is 0 Å². The van der Waals surface area contributed by atoms with Gasteiger partial charge in [0.2, 0.25) is 5.91 Å². The molecule has 132 valence electrons. The van der Waals surface area contributed by atoms with Crippen LogP contribution >= 0.6 is 11.3 Å². The number of carbonyl (C=O) groups excluding carboxylic acids is 1. The first kappa shape index (κ1) is 16.6. The van der Waals surface area contributed by atoms with E-state index in [1.807, 2.05) is 29.6 Å². The lowest BCUT2D eigenvalue weighted by atomic mass is 10.2. The molecule has 0 radical (unpaired) electrons. The number of nitrogens with one attached hydrogen (secondary N) is 1. The summed E-state index contributed by atoms with van der Waals surface area (Å²) in [5.74, 6) is 1.25. The molecule has 3 aromatic rings. The standard InChI is InChI=1S/C20H18N2O3S/c1-13-2-4-14(5-3-13)20-22-16(12-26-20)11-19(23)21-15-6-7-17-18(10-15)25-9-8-24-17/h2-7,10,12H,8-9,11H2,1H3,(H,21,23). The van der Waals surface area contributed by atoms with Crippen molar-refractivity contribution in [2.45, 2.75) is 13.3 Å². The van der Waals surface area contributed by atoms with Gasteiger partial charge in [-0.3, -0.25) is 4.79 Å². The molecule has 0 bridgehead atoms. The first-order valence-corrected chi connectivity index (χ1v) is 9.26. The predicted molar refractivity (Wildman–Crippen MR) is 102 cm³/mol. The van der Waals surface area contributed by atoms with Gasteiger partial charge in [-0.15, -0.1) is 11.3 Å². The average Bonchev–Trinajstić information content (AvgIpc) is 3.10. The van der Waals surface area contributed by atoms with Crippen LogP contribution < -0.4 is 14.8 Å². The molecule has 1 aromatic heterocycles. The van der Waals surface area contributed by atoms with Crippen LogP contribution in [0.25, 0.3) is 10.6 Å². The minimum Gasteiger partial charge on any atom is -0.486 e. The monoisotopic (exact) mass is 366 g/mol. The predicted octanol–water partition coefficient (Wildman–Crippen LogP) is 4.07. The molecule has 1 N–H and O–H groups in total. The van der Waals surface area contributed by atoms with Gasteiger partial charge in [0.1, 0.15) is 18.2 Å². The Hall–Kier alpha value is -2.86. The number of benzene rings is 2. The summed E-state index contributed by atoms with van der Waals surface area (Å²) in [7, 11) is 0. The van der Waals surface area contributed by atoms with Crippen LogP contribution in [0.1, 0.15) is 11.3 Å². The lowest BCUT2D eigenvalue weighted by molar-refractivity contribution is -0.115. The van der Waals surface area contributed by atoms with Gasteiger partial charge in [-0.1, -0.05) is 29.8 Å². The lowest BCUT2D eigenvalue weighted by Crippen LogP contribution is -2.17. The minimum atomic E-state index is -0.109. The molecule has 1 aliphatic heterocycles. The highest BCUT2D eigenvalue weighted by Crippen LogP contribution is 2.32. The molecule has 0 fully saturated rings. The Morgan fingerprint density at radius 3 is 2.69 bits per heavy atom. The summed E-state index contributed by atoms with van der Waals surface area (Å²) >= 11 is 1.55. The Labute approximate surface area is 155 Å². The first-order chi connectivity index (χ1) is 12.7. The molecule has 6 heteroatoms. The Kier molecular flexibility index (Phi) is 4.58. The van der Waals surface area contributed by atoms with Gasteiger partial charge >= 0.3 is 0 Å². The normalized spacial score (nSPS) is 12.7. The quantitative estimate of drug-likeness (QED) is 0.756. The second-order valence-electron chi connectivity index (χ2n) is 6.09. The van der Waals surface area contributed by atoms with Crippen LogP contribution in [0.15, 0.2) is 47.8 Å². The highest BCUT2D eigenvalue weighted by atomic mass is 32.1. The van der Waals surface area contributed by atoms with E-state index in [-0.39, 0.29) is 12.3 Å². The highest BCUT2D eigenvalue weighted by Gasteiger charge is 2.14. The van der Waals surface area contributed by atoms with Gasteiger partial charge in [0, 0.05) is 22.7 Å². The summed E-state index contributed by atoms with van der Waals surface area (Å²) in [6, 6.07) is 13.6. The molecule has 0 saturated heterocycles. The molecule has 2 heterocycles. The average molecular weight is 366 g/mol. The fraction of sp³-hybridized carbons (Fsp3) is 0.200. The van der Waals surface area contributed by atoms with Crippen molar-refractivity contribution in [3.8, 4) is 22.1 Å². The van der Waals surface area contributed by atoms with Crippen molar-refractivity contribution in [3.63, 3.8) is 0 Å². The van der Waals surface area contributed by atoms with Crippen LogP contribution in [-0.2, 0) is 11.2 Å². The Balaban J connectivity index is 1.41. The van der Waals surface area contributed by atoms with Crippen molar-refractivity contribution >= 4 is 22.9 Å². The fourth-order valence-electron chi connectivity index (χ4n) is 2.71. The van der Waals surface area contributed by atoms with Gasteiger partial charge in [0.15, 0.2) is 11.5 Å². The summed E-state index contributed by atoms with van der Waals surface area (Å²) < 4.78 is 11.0. The molecular formula is C20H18N2O3S. The molecule has 4 rings (SSSR count). The van der Waals surface area contributed by atoms with E-state index in [4.69, 9.17) is 9.47 Å². The smallest absolute Gasteiger partial charge is 0.230 e. The van der Waals surface area contributed by atoms with Gasteiger partial charge in [-0.25, -0.2) is 4.98 Å². The maximum atomic E-state index is 12.3. The molecular weight excluding hydrogens is 348 g/mol. The molecule has 2 aromatic carbocycles. The van der Waals surface area contributed by atoms with E-state index < -0.39 is 0 Å². The SMILES string of the molecule is Cc1ccc(-c2nc(CC(=O)Nc3ccc4c(c3)OCCO4)cs2)cc1. The van der Waals surface area contributed by atoms with E-state index in [1.54, 1.807) is 17.4 Å². The largest absolute Gasteiger partial charge is 0.486 e. The Morgan fingerprint density at radius 1 is 1.12 bits per heavy atom. The number of hydrogen-bond acceptors (Lipinski definition) is 5. The van der Waals surface area contributed by atoms with Crippen molar-refractivity contribution in [2.24, 2.45) is 0 Å². The van der Waals surface area contributed by atoms with E-state index in [0.717, 1.165) is 16.3 Å². The zero-order valence-electron chi connectivity index (χ0n) is 14.3. The summed E-state index contributed by atoms with van der Waals surface area (Å²) in [6.45, 7) is 3.12. The van der Waals surface area contributed by atoms with Crippen LogP contribution in [0, 0.1) is 6.92 Å². The van der Waals surface area contributed by atoms with E-state index >= 15 is 0 Å². The lowest BCUT2D eigenvalue weighted by Gasteiger charge is -2.18. The third-order valence-corrected chi connectivity index (χ3v) is 4.96. The van der Waals surface area contributed by atoms with E-state index in [9.17, 15) is 4.79 Å². The Morgan fingerprint density at radius 2 is 1.88 bits per heavy atom. The number of anilines is 1. The number of aromatic nitrogens is 1. The van der Waals surface area contributed by atoms with Crippen molar-refractivity contribution in [2.75, 3.05) is 18.5 Å². The van der Waals surface area contributed by atoms with Crippen molar-refractivity contribution in [3.05, 3.63) is 59.1 Å². The Bertz CT molecular complexity index is 934. The number of amides is 1. The summed E-state index contributed by atoms with van der Waals surface area (Å²) in [5, 5.41) is 5.74. The number of ether oxygens (including phenoxy) is 2. The maximum absolute atomic E-state index is 12.3. The summed E-state index contributed by atoms with van der Waals surface area (Å²) in [6.07, 6.45) is 0.233. The van der Waals surface area contributed by atoms with Crippen molar-refractivity contribution in [1.82, 2.24) is 4.98 Å². The van der Waals surface area contributed by atoms with Crippen LogP contribution in [0.5, 0.6) is 11.5 Å². The summed E-state index contributed by atoms with van der Waals surface area (Å²) in [4.78, 5) is 16.9. The molecule has 0 spiro atoms. The molecule has 5 nitrogen and oxygen atoms in total. The topological polar surface area (TPSA) is 60.5 Å². The summed E-state index contributed by atoms with van der Waals surface area (Å²) in [5.41, 5.74) is 3.73. The minimum absolute atomic E-state index is 0.109. The van der Waals surface area contributed by atoms with E-state index in [2.05, 4.69) is 29.4 Å². The number of nitrogens with zero attached hydrogens (tertiary/aromatic N) is 1. The molecule has 0 aliphatic carbocycles. The van der Waals surface area contributed by atoms with Crippen molar-refractivity contribution in [1.29, 1.82) is 0 Å². The molecule has 1 amide bonds. The van der Waals surface area contributed by atoms with Crippen LogP contribution in [0.3, 0.4) is 0 Å².